The molecule has 26 heavy (non-hydrogen) atoms. The van der Waals surface area contributed by atoms with Crippen molar-refractivity contribution in [2.24, 2.45) is 4.99 Å². The van der Waals surface area contributed by atoms with Crippen LogP contribution in [0.2, 0.25) is 5.02 Å². The number of fused-ring (bicyclic) bond motifs is 3. The number of imidazole rings is 1. The molecule has 0 unspecified atom stereocenters. The predicted molar refractivity (Wildman–Crippen MR) is 104 cm³/mol. The molecule has 1 aliphatic heterocycles. The van der Waals surface area contributed by atoms with Gasteiger partial charge in [-0.3, -0.25) is 14.5 Å². The van der Waals surface area contributed by atoms with Gasteiger partial charge in [-0.15, -0.1) is 0 Å². The highest BCUT2D eigenvalue weighted by molar-refractivity contribution is 6.31. The highest BCUT2D eigenvalue weighted by Gasteiger charge is 2.22. The van der Waals surface area contributed by atoms with Crippen molar-refractivity contribution in [1.82, 2.24) is 19.4 Å². The Morgan fingerprint density at radius 3 is 2.81 bits per heavy atom. The topological polar surface area (TPSA) is 46.3 Å². The number of halogens is 1. The van der Waals surface area contributed by atoms with Crippen LogP contribution < -0.4 is 0 Å². The van der Waals surface area contributed by atoms with Gasteiger partial charge in [-0.25, -0.2) is 4.98 Å². The zero-order chi connectivity index (χ0) is 18.1. The Bertz CT molecular complexity index is 960. The van der Waals surface area contributed by atoms with Gasteiger partial charge in [-0.1, -0.05) is 17.7 Å². The summed E-state index contributed by atoms with van der Waals surface area (Å²) in [6.07, 6.45) is 4.66. The molecule has 3 heterocycles. The standard InChI is InChI=1S/C20H20ClN5/c1-25(2)10-8-15-12-23-19-13-24-20(17-5-3-4-9-22-17)16-11-14(21)6-7-18(16)26(15)19/h3-7,9,11-12H,8,10,13H2,1-2H3. The van der Waals surface area contributed by atoms with Crippen molar-refractivity contribution >= 4 is 17.3 Å². The molecule has 1 aliphatic rings. The maximum atomic E-state index is 6.32. The van der Waals surface area contributed by atoms with E-state index in [-0.39, 0.29) is 0 Å². The van der Waals surface area contributed by atoms with Gasteiger partial charge in [-0.2, -0.15) is 0 Å². The molecule has 0 radical (unpaired) electrons. The van der Waals surface area contributed by atoms with Crippen LogP contribution in [-0.4, -0.2) is 45.8 Å². The average Bonchev–Trinajstić information content (AvgIpc) is 2.97. The summed E-state index contributed by atoms with van der Waals surface area (Å²) in [6, 6.07) is 11.8. The van der Waals surface area contributed by atoms with Gasteiger partial charge in [0.15, 0.2) is 0 Å². The molecule has 132 valence electrons. The van der Waals surface area contributed by atoms with E-state index in [0.29, 0.717) is 11.6 Å². The number of aliphatic imine (C=N–C) groups is 1. The second-order valence-corrected chi connectivity index (χ2v) is 7.03. The van der Waals surface area contributed by atoms with Gasteiger partial charge in [0.2, 0.25) is 0 Å². The summed E-state index contributed by atoms with van der Waals surface area (Å²) in [5.41, 5.74) is 4.91. The second kappa shape index (κ2) is 7.02. The summed E-state index contributed by atoms with van der Waals surface area (Å²) in [5.74, 6) is 0.938. The van der Waals surface area contributed by atoms with Crippen molar-refractivity contribution in [1.29, 1.82) is 0 Å². The third kappa shape index (κ3) is 3.16. The number of benzene rings is 1. The first-order chi connectivity index (χ1) is 12.6. The molecule has 0 fully saturated rings. The summed E-state index contributed by atoms with van der Waals surface area (Å²) in [7, 11) is 4.16. The van der Waals surface area contributed by atoms with Gasteiger partial charge in [0.1, 0.15) is 5.82 Å². The van der Waals surface area contributed by atoms with Crippen LogP contribution in [0.3, 0.4) is 0 Å². The van der Waals surface area contributed by atoms with Crippen LogP contribution in [0.1, 0.15) is 22.8 Å². The molecule has 0 saturated heterocycles. The van der Waals surface area contributed by atoms with Crippen LogP contribution in [-0.2, 0) is 13.0 Å². The molecule has 0 bridgehead atoms. The van der Waals surface area contributed by atoms with Crippen LogP contribution in [0, 0.1) is 0 Å². The van der Waals surface area contributed by atoms with E-state index in [9.17, 15) is 0 Å². The number of hydrogen-bond acceptors (Lipinski definition) is 4. The Morgan fingerprint density at radius 1 is 1.15 bits per heavy atom. The summed E-state index contributed by atoms with van der Waals surface area (Å²) in [6.45, 7) is 1.47. The molecular weight excluding hydrogens is 346 g/mol. The zero-order valence-electron chi connectivity index (χ0n) is 14.9. The quantitative estimate of drug-likeness (QED) is 0.712. The number of rotatable bonds is 4. The van der Waals surface area contributed by atoms with E-state index in [1.807, 2.05) is 42.6 Å². The molecule has 0 spiro atoms. The highest BCUT2D eigenvalue weighted by atomic mass is 35.5. The van der Waals surface area contributed by atoms with E-state index in [1.165, 1.54) is 5.69 Å². The van der Waals surface area contributed by atoms with Gasteiger partial charge < -0.3 is 4.90 Å². The lowest BCUT2D eigenvalue weighted by atomic mass is 10.0. The highest BCUT2D eigenvalue weighted by Crippen LogP contribution is 2.28. The number of hydrogen-bond donors (Lipinski definition) is 0. The minimum atomic E-state index is 0.514. The minimum absolute atomic E-state index is 0.514. The van der Waals surface area contributed by atoms with Gasteiger partial charge in [-0.05, 0) is 44.4 Å². The van der Waals surface area contributed by atoms with E-state index < -0.39 is 0 Å². The first-order valence-electron chi connectivity index (χ1n) is 8.60. The smallest absolute Gasteiger partial charge is 0.135 e. The monoisotopic (exact) mass is 365 g/mol. The van der Waals surface area contributed by atoms with E-state index in [4.69, 9.17) is 16.6 Å². The Hall–Kier alpha value is -2.50. The fraction of sp³-hybridized carbons (Fsp3) is 0.250. The fourth-order valence-corrected chi connectivity index (χ4v) is 3.37. The molecule has 6 heteroatoms. The zero-order valence-corrected chi connectivity index (χ0v) is 15.6. The second-order valence-electron chi connectivity index (χ2n) is 6.60. The lowest BCUT2D eigenvalue weighted by Gasteiger charge is -2.16. The number of pyridine rings is 1. The van der Waals surface area contributed by atoms with Crippen molar-refractivity contribution < 1.29 is 0 Å². The molecule has 2 aromatic heterocycles. The molecule has 4 rings (SSSR count). The van der Waals surface area contributed by atoms with Crippen molar-refractivity contribution in [3.8, 4) is 5.69 Å². The summed E-state index contributed by atoms with van der Waals surface area (Å²) in [4.78, 5) is 16.1. The molecule has 0 atom stereocenters. The first kappa shape index (κ1) is 16.9. The largest absolute Gasteiger partial charge is 0.309 e. The first-order valence-corrected chi connectivity index (χ1v) is 8.97. The summed E-state index contributed by atoms with van der Waals surface area (Å²) >= 11 is 6.32. The Kier molecular flexibility index (Phi) is 4.57. The molecule has 5 nitrogen and oxygen atoms in total. The molecular formula is C20H20ClN5. The van der Waals surface area contributed by atoms with E-state index >= 15 is 0 Å². The van der Waals surface area contributed by atoms with Crippen LogP contribution in [0.15, 0.2) is 53.8 Å². The van der Waals surface area contributed by atoms with Crippen LogP contribution in [0.4, 0.5) is 0 Å². The Labute approximate surface area is 158 Å². The number of nitrogens with zero attached hydrogens (tertiary/aromatic N) is 5. The third-order valence-electron chi connectivity index (χ3n) is 4.46. The number of aromatic nitrogens is 3. The van der Waals surface area contributed by atoms with Crippen LogP contribution in [0.5, 0.6) is 0 Å². The van der Waals surface area contributed by atoms with Crippen molar-refractivity contribution in [2.75, 3.05) is 20.6 Å². The normalized spacial score (nSPS) is 13.2. The molecule has 0 N–H and O–H groups in total. The predicted octanol–water partition coefficient (Wildman–Crippen LogP) is 3.38. The molecule has 0 aliphatic carbocycles. The van der Waals surface area contributed by atoms with Gasteiger partial charge in [0, 0.05) is 41.6 Å². The lowest BCUT2D eigenvalue weighted by Crippen LogP contribution is -2.17. The summed E-state index contributed by atoms with van der Waals surface area (Å²) < 4.78 is 2.22. The summed E-state index contributed by atoms with van der Waals surface area (Å²) in [5, 5.41) is 0.686. The lowest BCUT2D eigenvalue weighted by molar-refractivity contribution is 0.410. The molecule has 0 amide bonds. The maximum absolute atomic E-state index is 6.32. The Balaban J connectivity index is 1.87. The third-order valence-corrected chi connectivity index (χ3v) is 4.70. The minimum Gasteiger partial charge on any atom is -0.309 e. The van der Waals surface area contributed by atoms with Crippen LogP contribution in [0.25, 0.3) is 5.69 Å². The maximum Gasteiger partial charge on any atom is 0.135 e. The van der Waals surface area contributed by atoms with Crippen LogP contribution >= 0.6 is 11.6 Å². The van der Waals surface area contributed by atoms with E-state index in [2.05, 4.69) is 33.5 Å². The van der Waals surface area contributed by atoms with E-state index in [0.717, 1.165) is 41.4 Å². The number of likely N-dealkylation sites (N-methyl/N-ethyl adjacent to an activating group) is 1. The van der Waals surface area contributed by atoms with Gasteiger partial charge in [0.25, 0.3) is 0 Å². The molecule has 0 saturated carbocycles. The van der Waals surface area contributed by atoms with Crippen molar-refractivity contribution in [3.63, 3.8) is 0 Å². The van der Waals surface area contributed by atoms with Crippen molar-refractivity contribution in [3.05, 3.63) is 76.6 Å². The van der Waals surface area contributed by atoms with Gasteiger partial charge in [0.05, 0.1) is 23.6 Å². The fourth-order valence-electron chi connectivity index (χ4n) is 3.20. The molecule has 3 aromatic rings. The molecule has 1 aromatic carbocycles. The van der Waals surface area contributed by atoms with Gasteiger partial charge >= 0.3 is 0 Å². The SMILES string of the molecule is CN(C)CCc1cnc2n1-c1ccc(Cl)cc1C(c1ccccn1)=NC2. The Morgan fingerprint density at radius 2 is 2.04 bits per heavy atom. The average molecular weight is 366 g/mol. The van der Waals surface area contributed by atoms with E-state index in [1.54, 1.807) is 6.20 Å². The van der Waals surface area contributed by atoms with Crippen molar-refractivity contribution in [2.45, 2.75) is 13.0 Å².